The molecule has 7 heteroatoms. The van der Waals surface area contributed by atoms with E-state index in [-0.39, 0.29) is 5.91 Å². The first-order chi connectivity index (χ1) is 11.7. The number of hydrogen-bond acceptors (Lipinski definition) is 4. The molecule has 2 amide bonds. The maximum atomic E-state index is 12.0. The summed E-state index contributed by atoms with van der Waals surface area (Å²) in [6.45, 7) is 3.04. The highest BCUT2D eigenvalue weighted by Crippen LogP contribution is 2.16. The summed E-state index contributed by atoms with van der Waals surface area (Å²) in [5, 5.41) is 12.1. The third-order valence-electron chi connectivity index (χ3n) is 3.30. The molecule has 0 atom stereocenters. The molecule has 0 radical (unpaired) electrons. The van der Waals surface area contributed by atoms with Crippen molar-refractivity contribution in [2.45, 2.75) is 19.8 Å². The molecule has 2 aromatic rings. The Bertz CT molecular complexity index is 655. The Balaban J connectivity index is 1.72. The van der Waals surface area contributed by atoms with Gasteiger partial charge in [0.1, 0.15) is 5.69 Å². The van der Waals surface area contributed by atoms with Gasteiger partial charge < -0.3 is 15.4 Å². The summed E-state index contributed by atoms with van der Waals surface area (Å²) >= 11 is 0. The van der Waals surface area contributed by atoms with Gasteiger partial charge in [-0.2, -0.15) is 5.10 Å². The third kappa shape index (κ3) is 5.42. The minimum absolute atomic E-state index is 0.272. The summed E-state index contributed by atoms with van der Waals surface area (Å²) < 4.78 is 4.95. The molecule has 0 aliphatic carbocycles. The number of benzene rings is 1. The molecule has 0 aliphatic rings. The number of nitrogens with one attached hydrogen (secondary N) is 3. The predicted octanol–water partition coefficient (Wildman–Crippen LogP) is 2.33. The van der Waals surface area contributed by atoms with Crippen LogP contribution in [-0.2, 0) is 4.74 Å². The van der Waals surface area contributed by atoms with Gasteiger partial charge in [0, 0.05) is 18.7 Å². The number of H-pyrrole nitrogens is 1. The Morgan fingerprint density at radius 1 is 1.17 bits per heavy atom. The molecule has 24 heavy (non-hydrogen) atoms. The number of hydrogen-bond donors (Lipinski definition) is 3. The number of amides is 2. The molecule has 128 valence electrons. The van der Waals surface area contributed by atoms with Crippen molar-refractivity contribution >= 4 is 12.0 Å². The number of nitrogens with zero attached hydrogens (tertiary/aromatic N) is 1. The monoisotopic (exact) mass is 330 g/mol. The predicted molar refractivity (Wildman–Crippen MR) is 90.6 cm³/mol. The number of ether oxygens (including phenoxy) is 1. The maximum Gasteiger partial charge on any atom is 0.407 e. The zero-order valence-corrected chi connectivity index (χ0v) is 13.7. The Hall–Kier alpha value is -2.83. The van der Waals surface area contributed by atoms with Crippen molar-refractivity contribution in [3.8, 4) is 11.3 Å². The van der Waals surface area contributed by atoms with Gasteiger partial charge in [-0.25, -0.2) is 4.79 Å². The largest absolute Gasteiger partial charge is 0.450 e. The second-order valence-corrected chi connectivity index (χ2v) is 5.21. The fraction of sp³-hybridized carbons (Fsp3) is 0.353. The van der Waals surface area contributed by atoms with Gasteiger partial charge in [0.25, 0.3) is 5.91 Å². The summed E-state index contributed by atoms with van der Waals surface area (Å²) in [7, 11) is 0. The van der Waals surface area contributed by atoms with Gasteiger partial charge in [0.05, 0.1) is 12.3 Å². The SMILES string of the molecule is CCCCOC(=O)NCCNC(=O)c1cc(-c2ccccc2)n[nH]1. The smallest absolute Gasteiger partial charge is 0.407 e. The van der Waals surface area contributed by atoms with Crippen LogP contribution in [0.1, 0.15) is 30.3 Å². The lowest BCUT2D eigenvalue weighted by atomic mass is 10.1. The van der Waals surface area contributed by atoms with Crippen molar-refractivity contribution in [3.05, 3.63) is 42.1 Å². The van der Waals surface area contributed by atoms with Crippen molar-refractivity contribution in [1.29, 1.82) is 0 Å². The summed E-state index contributed by atoms with van der Waals surface area (Å²) in [4.78, 5) is 23.3. The van der Waals surface area contributed by atoms with E-state index in [4.69, 9.17) is 4.74 Å². The van der Waals surface area contributed by atoms with Crippen molar-refractivity contribution in [3.63, 3.8) is 0 Å². The van der Waals surface area contributed by atoms with Crippen LogP contribution < -0.4 is 10.6 Å². The van der Waals surface area contributed by atoms with E-state index in [0.717, 1.165) is 18.4 Å². The first-order valence-electron chi connectivity index (χ1n) is 8.00. The van der Waals surface area contributed by atoms with Crippen LogP contribution in [0, 0.1) is 0 Å². The molecular weight excluding hydrogens is 308 g/mol. The van der Waals surface area contributed by atoms with Crippen LogP contribution in [0.5, 0.6) is 0 Å². The average molecular weight is 330 g/mol. The van der Waals surface area contributed by atoms with E-state index in [1.54, 1.807) is 6.07 Å². The van der Waals surface area contributed by atoms with Crippen LogP contribution in [0.25, 0.3) is 11.3 Å². The van der Waals surface area contributed by atoms with Gasteiger partial charge >= 0.3 is 6.09 Å². The summed E-state index contributed by atoms with van der Waals surface area (Å²) in [5.74, 6) is -0.272. The summed E-state index contributed by atoms with van der Waals surface area (Å²) in [5.41, 5.74) is 2.02. The quantitative estimate of drug-likeness (QED) is 0.647. The van der Waals surface area contributed by atoms with E-state index in [9.17, 15) is 9.59 Å². The van der Waals surface area contributed by atoms with Crippen LogP contribution in [0.15, 0.2) is 36.4 Å². The Kier molecular flexibility index (Phi) is 6.82. The molecule has 1 aromatic heterocycles. The van der Waals surface area contributed by atoms with Gasteiger partial charge in [-0.15, -0.1) is 0 Å². The van der Waals surface area contributed by atoms with Crippen molar-refractivity contribution in [2.75, 3.05) is 19.7 Å². The second-order valence-electron chi connectivity index (χ2n) is 5.21. The lowest BCUT2D eigenvalue weighted by Gasteiger charge is -2.07. The van der Waals surface area contributed by atoms with E-state index in [1.165, 1.54) is 0 Å². The fourth-order valence-corrected chi connectivity index (χ4v) is 1.99. The zero-order chi connectivity index (χ0) is 17.2. The number of carbonyl (C=O) groups is 2. The highest BCUT2D eigenvalue weighted by atomic mass is 16.5. The molecule has 0 aliphatic heterocycles. The van der Waals surface area contributed by atoms with Gasteiger partial charge in [-0.1, -0.05) is 43.7 Å². The van der Waals surface area contributed by atoms with Crippen molar-refractivity contribution in [2.24, 2.45) is 0 Å². The third-order valence-corrected chi connectivity index (χ3v) is 3.30. The summed E-state index contributed by atoms with van der Waals surface area (Å²) in [6, 6.07) is 11.3. The second kappa shape index (κ2) is 9.34. The van der Waals surface area contributed by atoms with E-state index >= 15 is 0 Å². The van der Waals surface area contributed by atoms with Crippen LogP contribution in [-0.4, -0.2) is 41.9 Å². The van der Waals surface area contributed by atoms with E-state index < -0.39 is 6.09 Å². The lowest BCUT2D eigenvalue weighted by molar-refractivity contribution is 0.0947. The highest BCUT2D eigenvalue weighted by Gasteiger charge is 2.10. The zero-order valence-electron chi connectivity index (χ0n) is 13.7. The molecular formula is C17H22N4O3. The van der Waals surface area contributed by atoms with E-state index in [1.807, 2.05) is 37.3 Å². The lowest BCUT2D eigenvalue weighted by Crippen LogP contribution is -2.35. The standard InChI is InChI=1S/C17H22N4O3/c1-2-3-11-24-17(23)19-10-9-18-16(22)15-12-14(20-21-15)13-7-5-4-6-8-13/h4-8,12H,2-3,9-11H2,1H3,(H,18,22)(H,19,23)(H,20,21). The van der Waals surface area contributed by atoms with Crippen LogP contribution >= 0.6 is 0 Å². The molecule has 0 saturated heterocycles. The molecule has 1 aromatic carbocycles. The first-order valence-corrected chi connectivity index (χ1v) is 8.00. The van der Waals surface area contributed by atoms with Gasteiger partial charge in [0.15, 0.2) is 0 Å². The molecule has 7 nitrogen and oxygen atoms in total. The molecule has 3 N–H and O–H groups in total. The van der Waals surface area contributed by atoms with E-state index in [0.29, 0.717) is 31.1 Å². The number of unbranched alkanes of at least 4 members (excludes halogenated alkanes) is 1. The minimum Gasteiger partial charge on any atom is -0.450 e. The molecule has 1 heterocycles. The Morgan fingerprint density at radius 2 is 1.92 bits per heavy atom. The number of aromatic amines is 1. The average Bonchev–Trinajstić information content (AvgIpc) is 3.10. The maximum absolute atomic E-state index is 12.0. The summed E-state index contributed by atoms with van der Waals surface area (Å²) in [6.07, 6.45) is 1.34. The number of aromatic nitrogens is 2. The molecule has 0 unspecified atom stereocenters. The number of carbonyl (C=O) groups excluding carboxylic acids is 2. The first kappa shape index (κ1) is 17.5. The topological polar surface area (TPSA) is 96.1 Å². The fourth-order valence-electron chi connectivity index (χ4n) is 1.99. The number of rotatable bonds is 8. The molecule has 0 fully saturated rings. The Labute approximate surface area is 140 Å². The highest BCUT2D eigenvalue weighted by molar-refractivity contribution is 5.93. The van der Waals surface area contributed by atoms with Crippen molar-refractivity contribution in [1.82, 2.24) is 20.8 Å². The van der Waals surface area contributed by atoms with Crippen LogP contribution in [0.3, 0.4) is 0 Å². The Morgan fingerprint density at radius 3 is 2.67 bits per heavy atom. The van der Waals surface area contributed by atoms with Crippen LogP contribution in [0.4, 0.5) is 4.79 Å². The normalized spacial score (nSPS) is 10.2. The van der Waals surface area contributed by atoms with Gasteiger partial charge in [-0.3, -0.25) is 9.89 Å². The molecule has 0 bridgehead atoms. The van der Waals surface area contributed by atoms with Gasteiger partial charge in [-0.05, 0) is 12.5 Å². The van der Waals surface area contributed by atoms with Crippen LogP contribution in [0.2, 0.25) is 0 Å². The molecule has 2 rings (SSSR count). The van der Waals surface area contributed by atoms with E-state index in [2.05, 4.69) is 20.8 Å². The number of alkyl carbamates (subject to hydrolysis) is 1. The minimum atomic E-state index is -0.467. The molecule has 0 saturated carbocycles. The molecule has 0 spiro atoms. The van der Waals surface area contributed by atoms with Gasteiger partial charge in [0.2, 0.25) is 0 Å². The van der Waals surface area contributed by atoms with Crippen molar-refractivity contribution < 1.29 is 14.3 Å².